The lowest BCUT2D eigenvalue weighted by Gasteiger charge is -2.25. The second-order valence-electron chi connectivity index (χ2n) is 6.05. The van der Waals surface area contributed by atoms with Gasteiger partial charge in [-0.3, -0.25) is 4.79 Å². The fourth-order valence-corrected chi connectivity index (χ4v) is 2.75. The third-order valence-electron chi connectivity index (χ3n) is 4.50. The van der Waals surface area contributed by atoms with E-state index in [4.69, 9.17) is 10.5 Å². The van der Waals surface area contributed by atoms with E-state index in [1.165, 1.54) is 12.8 Å². The number of carbonyl (C=O) groups excluding carboxylic acids is 1. The molecule has 104 valence electrons. The molecule has 1 saturated carbocycles. The first-order valence-corrected chi connectivity index (χ1v) is 7.17. The second-order valence-corrected chi connectivity index (χ2v) is 6.05. The minimum Gasteiger partial charge on any atom is -0.381 e. The molecule has 2 N–H and O–H groups in total. The molecular formula is C14H26N2O2. The summed E-state index contributed by atoms with van der Waals surface area (Å²) in [6.45, 7) is 3.29. The average molecular weight is 254 g/mol. The summed E-state index contributed by atoms with van der Waals surface area (Å²) < 4.78 is 5.33. The van der Waals surface area contributed by atoms with Gasteiger partial charge in [0.25, 0.3) is 0 Å². The van der Waals surface area contributed by atoms with Crippen molar-refractivity contribution in [3.8, 4) is 0 Å². The standard InChI is InChI=1S/C14H26N2O2/c1-16(11-14(10-15)6-7-14)13(17)3-2-12-4-8-18-9-5-12/h12H,2-11,15H2,1H3. The number of amides is 1. The van der Waals surface area contributed by atoms with Crippen LogP contribution < -0.4 is 5.73 Å². The van der Waals surface area contributed by atoms with E-state index < -0.39 is 0 Å². The Morgan fingerprint density at radius 3 is 2.61 bits per heavy atom. The molecular weight excluding hydrogens is 228 g/mol. The van der Waals surface area contributed by atoms with Crippen LogP contribution in [-0.4, -0.2) is 44.2 Å². The van der Waals surface area contributed by atoms with Crippen molar-refractivity contribution in [2.75, 3.05) is 33.4 Å². The zero-order valence-electron chi connectivity index (χ0n) is 11.5. The van der Waals surface area contributed by atoms with E-state index >= 15 is 0 Å². The molecule has 1 aliphatic carbocycles. The van der Waals surface area contributed by atoms with E-state index in [-0.39, 0.29) is 11.3 Å². The molecule has 0 bridgehead atoms. The smallest absolute Gasteiger partial charge is 0.222 e. The molecule has 0 aromatic rings. The Labute approximate surface area is 110 Å². The van der Waals surface area contributed by atoms with Crippen molar-refractivity contribution in [1.29, 1.82) is 0 Å². The number of hydrogen-bond donors (Lipinski definition) is 1. The van der Waals surface area contributed by atoms with Crippen molar-refractivity contribution in [1.82, 2.24) is 4.90 Å². The zero-order valence-corrected chi connectivity index (χ0v) is 11.5. The number of ether oxygens (including phenoxy) is 1. The highest BCUT2D eigenvalue weighted by atomic mass is 16.5. The molecule has 0 atom stereocenters. The number of carbonyl (C=O) groups is 1. The van der Waals surface area contributed by atoms with Crippen molar-refractivity contribution >= 4 is 5.91 Å². The summed E-state index contributed by atoms with van der Waals surface area (Å²) in [5.41, 5.74) is 6.01. The van der Waals surface area contributed by atoms with Gasteiger partial charge in [0.2, 0.25) is 5.91 Å². The largest absolute Gasteiger partial charge is 0.381 e. The van der Waals surface area contributed by atoms with E-state index in [0.717, 1.165) is 39.0 Å². The van der Waals surface area contributed by atoms with Crippen molar-refractivity contribution in [3.63, 3.8) is 0 Å². The van der Waals surface area contributed by atoms with E-state index in [2.05, 4.69) is 0 Å². The van der Waals surface area contributed by atoms with Gasteiger partial charge in [-0.2, -0.15) is 0 Å². The average Bonchev–Trinajstić information content (AvgIpc) is 3.17. The van der Waals surface area contributed by atoms with Crippen molar-refractivity contribution in [2.24, 2.45) is 17.1 Å². The molecule has 1 aliphatic heterocycles. The zero-order chi connectivity index (χ0) is 13.0. The summed E-state index contributed by atoms with van der Waals surface area (Å²) >= 11 is 0. The van der Waals surface area contributed by atoms with Gasteiger partial charge in [-0.05, 0) is 44.6 Å². The molecule has 2 rings (SSSR count). The first-order valence-electron chi connectivity index (χ1n) is 7.17. The van der Waals surface area contributed by atoms with Crippen LogP contribution >= 0.6 is 0 Å². The van der Waals surface area contributed by atoms with Crippen LogP contribution in [0.25, 0.3) is 0 Å². The van der Waals surface area contributed by atoms with Gasteiger partial charge in [0.15, 0.2) is 0 Å². The molecule has 1 amide bonds. The molecule has 4 nitrogen and oxygen atoms in total. The Balaban J connectivity index is 1.67. The summed E-state index contributed by atoms with van der Waals surface area (Å²) in [4.78, 5) is 13.9. The predicted octanol–water partition coefficient (Wildman–Crippen LogP) is 1.39. The van der Waals surface area contributed by atoms with Crippen LogP contribution in [0.5, 0.6) is 0 Å². The molecule has 0 unspecified atom stereocenters. The highest BCUT2D eigenvalue weighted by molar-refractivity contribution is 5.75. The van der Waals surface area contributed by atoms with Crippen LogP contribution in [0.4, 0.5) is 0 Å². The number of rotatable bonds is 6. The van der Waals surface area contributed by atoms with Crippen LogP contribution in [0.15, 0.2) is 0 Å². The van der Waals surface area contributed by atoms with E-state index in [0.29, 0.717) is 18.9 Å². The van der Waals surface area contributed by atoms with Gasteiger partial charge in [-0.1, -0.05) is 0 Å². The first-order chi connectivity index (χ1) is 8.65. The minimum atomic E-state index is 0.253. The molecule has 1 saturated heterocycles. The Morgan fingerprint density at radius 1 is 1.39 bits per heavy atom. The summed E-state index contributed by atoms with van der Waals surface area (Å²) in [7, 11) is 1.92. The van der Waals surface area contributed by atoms with Crippen molar-refractivity contribution in [2.45, 2.75) is 38.5 Å². The maximum atomic E-state index is 12.1. The van der Waals surface area contributed by atoms with Gasteiger partial charge in [0.05, 0.1) is 0 Å². The summed E-state index contributed by atoms with van der Waals surface area (Å²) in [6.07, 6.45) is 6.29. The third kappa shape index (κ3) is 3.69. The van der Waals surface area contributed by atoms with Crippen molar-refractivity contribution in [3.05, 3.63) is 0 Å². The van der Waals surface area contributed by atoms with Crippen LogP contribution in [0.1, 0.15) is 38.5 Å². The lowest BCUT2D eigenvalue weighted by atomic mass is 9.94. The van der Waals surface area contributed by atoms with Gasteiger partial charge in [0.1, 0.15) is 0 Å². The molecule has 0 spiro atoms. The fraction of sp³-hybridized carbons (Fsp3) is 0.929. The van der Waals surface area contributed by atoms with E-state index in [1.807, 2.05) is 11.9 Å². The SMILES string of the molecule is CN(CC1(CN)CC1)C(=O)CCC1CCOCC1. The molecule has 0 radical (unpaired) electrons. The van der Waals surface area contributed by atoms with Gasteiger partial charge >= 0.3 is 0 Å². The lowest BCUT2D eigenvalue weighted by Crippen LogP contribution is -2.36. The third-order valence-corrected chi connectivity index (χ3v) is 4.50. The fourth-order valence-electron chi connectivity index (χ4n) is 2.75. The van der Waals surface area contributed by atoms with Gasteiger partial charge in [-0.15, -0.1) is 0 Å². The van der Waals surface area contributed by atoms with Crippen LogP contribution in [0.3, 0.4) is 0 Å². The normalized spacial score (nSPS) is 22.8. The maximum absolute atomic E-state index is 12.1. The van der Waals surface area contributed by atoms with Crippen LogP contribution in [0, 0.1) is 11.3 Å². The summed E-state index contributed by atoms with van der Waals surface area (Å²) in [5.74, 6) is 0.960. The Morgan fingerprint density at radius 2 is 2.06 bits per heavy atom. The van der Waals surface area contributed by atoms with Gasteiger partial charge < -0.3 is 15.4 Å². The molecule has 0 aromatic heterocycles. The molecule has 2 aliphatic rings. The monoisotopic (exact) mass is 254 g/mol. The van der Waals surface area contributed by atoms with Gasteiger partial charge in [-0.25, -0.2) is 0 Å². The molecule has 1 heterocycles. The number of hydrogen-bond acceptors (Lipinski definition) is 3. The predicted molar refractivity (Wildman–Crippen MR) is 71.1 cm³/mol. The minimum absolute atomic E-state index is 0.253. The van der Waals surface area contributed by atoms with Gasteiger partial charge in [0, 0.05) is 38.6 Å². The number of nitrogens with zero attached hydrogens (tertiary/aromatic N) is 1. The lowest BCUT2D eigenvalue weighted by molar-refractivity contribution is -0.131. The Kier molecular flexibility index (Phi) is 4.62. The highest BCUT2D eigenvalue weighted by Gasteiger charge is 2.42. The number of nitrogens with two attached hydrogens (primary N) is 1. The Bertz CT molecular complexity index is 284. The maximum Gasteiger partial charge on any atom is 0.222 e. The van der Waals surface area contributed by atoms with Crippen LogP contribution in [0.2, 0.25) is 0 Å². The molecule has 4 heteroatoms. The quantitative estimate of drug-likeness (QED) is 0.779. The van der Waals surface area contributed by atoms with E-state index in [9.17, 15) is 4.79 Å². The second kappa shape index (κ2) is 6.02. The highest BCUT2D eigenvalue weighted by Crippen LogP contribution is 2.44. The first kappa shape index (κ1) is 13.8. The molecule has 0 aromatic carbocycles. The van der Waals surface area contributed by atoms with E-state index in [1.54, 1.807) is 0 Å². The molecule has 2 fully saturated rings. The topological polar surface area (TPSA) is 55.6 Å². The Hall–Kier alpha value is -0.610. The summed E-state index contributed by atoms with van der Waals surface area (Å²) in [6, 6.07) is 0. The van der Waals surface area contributed by atoms with Crippen LogP contribution in [-0.2, 0) is 9.53 Å². The summed E-state index contributed by atoms with van der Waals surface area (Å²) in [5, 5.41) is 0. The van der Waals surface area contributed by atoms with Crippen molar-refractivity contribution < 1.29 is 9.53 Å². The molecule has 18 heavy (non-hydrogen) atoms.